The molecule has 4 amide bonds. The van der Waals surface area contributed by atoms with Crippen molar-refractivity contribution in [1.29, 1.82) is 0 Å². The Morgan fingerprint density at radius 1 is 0.886 bits per heavy atom. The zero-order valence-corrected chi connectivity index (χ0v) is 18.6. The number of fused-ring (bicyclic) bond motifs is 1. The molecule has 1 aromatic heterocycles. The minimum atomic E-state index is -1.19. The molecule has 11 heteroatoms. The first-order valence-corrected chi connectivity index (χ1v) is 10.9. The highest BCUT2D eigenvalue weighted by atomic mass is 16.4. The molecule has 0 unspecified atom stereocenters. The number of benzene rings is 2. The molecule has 0 saturated carbocycles. The second-order valence-corrected chi connectivity index (χ2v) is 7.91. The number of para-hydroxylation sites is 1. The number of urea groups is 1. The number of Topliss-reactive ketones (excluding diaryl/α,β-unsaturated/α-hetero) is 1. The van der Waals surface area contributed by atoms with Crippen LogP contribution >= 0.6 is 0 Å². The van der Waals surface area contributed by atoms with Crippen LogP contribution < -0.4 is 10.6 Å². The number of piperazine rings is 1. The number of carboxylic acids is 1. The lowest BCUT2D eigenvalue weighted by atomic mass is 10.1. The fourth-order valence-electron chi connectivity index (χ4n) is 3.90. The third-order valence-corrected chi connectivity index (χ3v) is 5.68. The van der Waals surface area contributed by atoms with Crippen molar-refractivity contribution in [2.75, 3.05) is 38.0 Å². The SMILES string of the molecule is O=C(O)CNC(=O)Nc1cccc2c(C(=O)C(=O)N3CCN(C(=O)c4ccccc4)CC3)c[nH]c12. The molecule has 1 aliphatic heterocycles. The number of amides is 4. The molecule has 4 rings (SSSR count). The van der Waals surface area contributed by atoms with Crippen LogP contribution in [0.1, 0.15) is 20.7 Å². The lowest BCUT2D eigenvalue weighted by molar-refractivity contribution is -0.135. The number of carboxylic acid groups (broad SMARTS) is 1. The van der Waals surface area contributed by atoms with Gasteiger partial charge in [-0.25, -0.2) is 4.79 Å². The Morgan fingerprint density at radius 3 is 2.26 bits per heavy atom. The number of nitrogens with one attached hydrogen (secondary N) is 3. The molecule has 2 aromatic carbocycles. The third kappa shape index (κ3) is 5.13. The molecule has 1 saturated heterocycles. The van der Waals surface area contributed by atoms with Gasteiger partial charge < -0.3 is 30.5 Å². The fourth-order valence-corrected chi connectivity index (χ4v) is 3.90. The van der Waals surface area contributed by atoms with Gasteiger partial charge in [-0.1, -0.05) is 30.3 Å². The second kappa shape index (κ2) is 10.1. The zero-order valence-electron chi connectivity index (χ0n) is 18.6. The minimum Gasteiger partial charge on any atom is -0.480 e. The highest BCUT2D eigenvalue weighted by Crippen LogP contribution is 2.26. The van der Waals surface area contributed by atoms with E-state index >= 15 is 0 Å². The molecule has 0 radical (unpaired) electrons. The number of ketones is 1. The van der Waals surface area contributed by atoms with Crippen molar-refractivity contribution in [2.45, 2.75) is 0 Å². The highest BCUT2D eigenvalue weighted by Gasteiger charge is 2.30. The van der Waals surface area contributed by atoms with Crippen LogP contribution in [0.25, 0.3) is 10.9 Å². The number of anilines is 1. The maximum Gasteiger partial charge on any atom is 0.323 e. The van der Waals surface area contributed by atoms with Crippen LogP contribution in [0.3, 0.4) is 0 Å². The average molecular weight is 477 g/mol. The fraction of sp³-hybridized carbons (Fsp3) is 0.208. The van der Waals surface area contributed by atoms with E-state index in [1.807, 2.05) is 6.07 Å². The molecule has 0 spiro atoms. The molecular weight excluding hydrogens is 454 g/mol. The van der Waals surface area contributed by atoms with E-state index in [1.54, 1.807) is 47.4 Å². The van der Waals surface area contributed by atoms with Crippen molar-refractivity contribution in [3.05, 3.63) is 65.9 Å². The zero-order chi connectivity index (χ0) is 24.9. The molecule has 2 heterocycles. The summed E-state index contributed by atoms with van der Waals surface area (Å²) in [5.41, 5.74) is 1.47. The Hall–Kier alpha value is -4.67. The maximum atomic E-state index is 13.0. The minimum absolute atomic E-state index is 0.118. The van der Waals surface area contributed by atoms with Gasteiger partial charge in [0, 0.05) is 43.3 Å². The van der Waals surface area contributed by atoms with E-state index in [1.165, 1.54) is 11.1 Å². The van der Waals surface area contributed by atoms with E-state index in [4.69, 9.17) is 5.11 Å². The van der Waals surface area contributed by atoms with Crippen LogP contribution in [-0.2, 0) is 9.59 Å². The van der Waals surface area contributed by atoms with Crippen molar-refractivity contribution in [1.82, 2.24) is 20.1 Å². The molecule has 3 aromatic rings. The molecule has 0 atom stereocenters. The first kappa shape index (κ1) is 23.5. The first-order valence-electron chi connectivity index (χ1n) is 10.9. The molecule has 0 bridgehead atoms. The summed E-state index contributed by atoms with van der Waals surface area (Å²) in [4.78, 5) is 67.1. The Morgan fingerprint density at radius 2 is 1.57 bits per heavy atom. The van der Waals surface area contributed by atoms with Crippen LogP contribution in [0, 0.1) is 0 Å². The van der Waals surface area contributed by atoms with E-state index in [0.717, 1.165) is 0 Å². The van der Waals surface area contributed by atoms with E-state index in [-0.39, 0.29) is 24.6 Å². The van der Waals surface area contributed by atoms with Gasteiger partial charge in [0.1, 0.15) is 6.54 Å². The molecule has 1 aliphatic rings. The van der Waals surface area contributed by atoms with Gasteiger partial charge in [-0.05, 0) is 18.2 Å². The Balaban J connectivity index is 1.42. The van der Waals surface area contributed by atoms with Gasteiger partial charge in [0.15, 0.2) is 0 Å². The third-order valence-electron chi connectivity index (χ3n) is 5.68. The van der Waals surface area contributed by atoms with Crippen LogP contribution in [0.15, 0.2) is 54.7 Å². The van der Waals surface area contributed by atoms with Gasteiger partial charge in [0.05, 0.1) is 16.8 Å². The van der Waals surface area contributed by atoms with Crippen molar-refractivity contribution in [3.8, 4) is 0 Å². The number of H-pyrrole nitrogens is 1. The summed E-state index contributed by atoms with van der Waals surface area (Å²) in [6.07, 6.45) is 1.40. The van der Waals surface area contributed by atoms with Gasteiger partial charge in [-0.2, -0.15) is 0 Å². The van der Waals surface area contributed by atoms with Gasteiger partial charge >= 0.3 is 12.0 Å². The Kier molecular flexibility index (Phi) is 6.76. The number of nitrogens with zero attached hydrogens (tertiary/aromatic N) is 2. The van der Waals surface area contributed by atoms with E-state index in [2.05, 4.69) is 15.6 Å². The van der Waals surface area contributed by atoms with Gasteiger partial charge in [0.25, 0.3) is 17.6 Å². The lowest BCUT2D eigenvalue weighted by Gasteiger charge is -2.34. The largest absolute Gasteiger partial charge is 0.480 e. The molecular formula is C24H23N5O6. The lowest BCUT2D eigenvalue weighted by Crippen LogP contribution is -2.52. The average Bonchev–Trinajstić information content (AvgIpc) is 3.32. The number of hydrogen-bond donors (Lipinski definition) is 4. The summed E-state index contributed by atoms with van der Waals surface area (Å²) in [6, 6.07) is 13.0. The summed E-state index contributed by atoms with van der Waals surface area (Å²) in [5.74, 6) is -2.68. The summed E-state index contributed by atoms with van der Waals surface area (Å²) in [6.45, 7) is 0.569. The monoisotopic (exact) mass is 477 g/mol. The van der Waals surface area contributed by atoms with Gasteiger partial charge in [0.2, 0.25) is 0 Å². The highest BCUT2D eigenvalue weighted by molar-refractivity contribution is 6.45. The summed E-state index contributed by atoms with van der Waals surface area (Å²) in [7, 11) is 0. The quantitative estimate of drug-likeness (QED) is 0.312. The van der Waals surface area contributed by atoms with E-state index in [0.29, 0.717) is 35.2 Å². The second-order valence-electron chi connectivity index (χ2n) is 7.91. The molecule has 35 heavy (non-hydrogen) atoms. The molecule has 11 nitrogen and oxygen atoms in total. The summed E-state index contributed by atoms with van der Waals surface area (Å²) in [5, 5.41) is 13.8. The molecule has 0 aliphatic carbocycles. The predicted octanol–water partition coefficient (Wildman–Crippen LogP) is 1.54. The number of rotatable bonds is 6. The van der Waals surface area contributed by atoms with Gasteiger partial charge in [-0.15, -0.1) is 0 Å². The number of aromatic nitrogens is 1. The smallest absolute Gasteiger partial charge is 0.323 e. The Labute approximate surface area is 199 Å². The topological polar surface area (TPSA) is 152 Å². The summed E-state index contributed by atoms with van der Waals surface area (Å²) >= 11 is 0. The number of hydrogen-bond acceptors (Lipinski definition) is 5. The van der Waals surface area contributed by atoms with Crippen molar-refractivity contribution < 1.29 is 29.1 Å². The van der Waals surface area contributed by atoms with E-state index < -0.39 is 30.2 Å². The van der Waals surface area contributed by atoms with Crippen LogP contribution in [-0.4, -0.2) is 82.2 Å². The standard InChI is InChI=1S/C24H23N5O6/c30-19(31)14-26-24(35)27-18-8-4-7-16-17(13-25-20(16)18)21(32)23(34)29-11-9-28(10-12-29)22(33)15-5-2-1-3-6-15/h1-8,13,25H,9-12,14H2,(H,30,31)(H2,26,27,35). The number of aliphatic carboxylic acids is 1. The van der Waals surface area contributed by atoms with Crippen LogP contribution in [0.5, 0.6) is 0 Å². The first-order chi connectivity index (χ1) is 16.8. The van der Waals surface area contributed by atoms with Crippen molar-refractivity contribution >= 4 is 46.2 Å². The Bertz CT molecular complexity index is 1290. The maximum absolute atomic E-state index is 13.0. The van der Waals surface area contributed by atoms with Crippen molar-refractivity contribution in [3.63, 3.8) is 0 Å². The van der Waals surface area contributed by atoms with Gasteiger partial charge in [-0.3, -0.25) is 19.2 Å². The molecule has 180 valence electrons. The molecule has 4 N–H and O–H groups in total. The van der Waals surface area contributed by atoms with Crippen LogP contribution in [0.4, 0.5) is 10.5 Å². The summed E-state index contributed by atoms with van der Waals surface area (Å²) < 4.78 is 0. The molecule has 1 fully saturated rings. The van der Waals surface area contributed by atoms with Crippen molar-refractivity contribution in [2.24, 2.45) is 0 Å². The van der Waals surface area contributed by atoms with Crippen LogP contribution in [0.2, 0.25) is 0 Å². The van der Waals surface area contributed by atoms with E-state index in [9.17, 15) is 24.0 Å². The number of carbonyl (C=O) groups excluding carboxylic acids is 4. The number of carbonyl (C=O) groups is 5. The number of aromatic amines is 1. The normalized spacial score (nSPS) is 13.4. The predicted molar refractivity (Wildman–Crippen MR) is 126 cm³/mol.